The van der Waals surface area contributed by atoms with Crippen molar-refractivity contribution in [2.45, 2.75) is 0 Å². The first-order valence-corrected chi connectivity index (χ1v) is 6.44. The number of nitrogens with zero attached hydrogens (tertiary/aromatic N) is 1. The summed E-state index contributed by atoms with van der Waals surface area (Å²) >= 11 is 5.17. The molecule has 1 fully saturated rings. The van der Waals surface area contributed by atoms with Gasteiger partial charge in [-0.3, -0.25) is 5.43 Å². The maximum absolute atomic E-state index is 13.4. The zero-order valence-electron chi connectivity index (χ0n) is 10.4. The van der Waals surface area contributed by atoms with E-state index < -0.39 is 0 Å². The van der Waals surface area contributed by atoms with Crippen LogP contribution in [-0.2, 0) is 0 Å². The molecule has 3 N–H and O–H groups in total. The molecular formula is C12H18FN4S+. The number of hydrogen-bond donors (Lipinski definition) is 3. The Morgan fingerprint density at radius 2 is 2.00 bits per heavy atom. The van der Waals surface area contributed by atoms with Gasteiger partial charge in [0.1, 0.15) is 5.82 Å². The average Bonchev–Trinajstić information content (AvgIpc) is 2.35. The van der Waals surface area contributed by atoms with Crippen LogP contribution >= 0.6 is 12.2 Å². The highest BCUT2D eigenvalue weighted by molar-refractivity contribution is 7.80. The number of nitrogens with one attached hydrogen (secondary N) is 3. The summed E-state index contributed by atoms with van der Waals surface area (Å²) in [6, 6.07) is 6.50. The van der Waals surface area contributed by atoms with Crippen molar-refractivity contribution in [1.29, 1.82) is 0 Å². The van der Waals surface area contributed by atoms with Crippen molar-refractivity contribution in [2.75, 3.05) is 38.5 Å². The molecule has 1 aliphatic heterocycles. The first-order valence-electron chi connectivity index (χ1n) is 6.03. The number of rotatable bonds is 2. The quantitative estimate of drug-likeness (QED) is 0.652. The van der Waals surface area contributed by atoms with Crippen molar-refractivity contribution in [2.24, 2.45) is 0 Å². The van der Waals surface area contributed by atoms with Gasteiger partial charge in [-0.2, -0.15) is 0 Å². The summed E-state index contributed by atoms with van der Waals surface area (Å²) in [5.74, 6) is -0.301. The Kier molecular flexibility index (Phi) is 4.46. The second kappa shape index (κ2) is 6.08. The highest BCUT2D eigenvalue weighted by Crippen LogP contribution is 2.11. The van der Waals surface area contributed by atoms with Crippen LogP contribution in [0.15, 0.2) is 24.3 Å². The van der Waals surface area contributed by atoms with Gasteiger partial charge in [0, 0.05) is 0 Å². The summed E-state index contributed by atoms with van der Waals surface area (Å²) in [6.07, 6.45) is 0. The molecule has 1 aliphatic rings. The third-order valence-corrected chi connectivity index (χ3v) is 3.19. The molecule has 0 atom stereocenters. The average molecular weight is 269 g/mol. The van der Waals surface area contributed by atoms with Crippen LogP contribution in [0.2, 0.25) is 0 Å². The number of thiocarbonyl (C=S) groups is 1. The first-order chi connectivity index (χ1) is 8.65. The number of piperazine rings is 1. The number of likely N-dealkylation sites (N-methyl/N-ethyl adjacent to an activating group) is 1. The van der Waals surface area contributed by atoms with E-state index in [1.54, 1.807) is 18.2 Å². The number of para-hydroxylation sites is 1. The maximum Gasteiger partial charge on any atom is 0.185 e. The largest absolute Gasteiger partial charge is 0.335 e. The molecule has 0 bridgehead atoms. The normalized spacial score (nSPS) is 17.4. The molecule has 0 aromatic heterocycles. The van der Waals surface area contributed by atoms with Gasteiger partial charge in [0.25, 0.3) is 0 Å². The fourth-order valence-corrected chi connectivity index (χ4v) is 2.10. The molecule has 0 radical (unpaired) electrons. The Morgan fingerprint density at radius 1 is 1.33 bits per heavy atom. The Labute approximate surface area is 112 Å². The molecule has 18 heavy (non-hydrogen) atoms. The van der Waals surface area contributed by atoms with E-state index in [0.29, 0.717) is 10.8 Å². The Morgan fingerprint density at radius 3 is 2.67 bits per heavy atom. The highest BCUT2D eigenvalue weighted by atomic mass is 32.1. The third-order valence-electron chi connectivity index (χ3n) is 3.00. The monoisotopic (exact) mass is 269 g/mol. The predicted molar refractivity (Wildman–Crippen MR) is 74.0 cm³/mol. The van der Waals surface area contributed by atoms with Crippen LogP contribution in [0.25, 0.3) is 0 Å². The molecule has 1 aromatic carbocycles. The fourth-order valence-electron chi connectivity index (χ4n) is 1.86. The van der Waals surface area contributed by atoms with Gasteiger partial charge < -0.3 is 10.2 Å². The van der Waals surface area contributed by atoms with E-state index in [1.807, 2.05) is 0 Å². The molecule has 1 saturated heterocycles. The molecule has 6 heteroatoms. The van der Waals surface area contributed by atoms with Crippen molar-refractivity contribution < 1.29 is 9.29 Å². The molecule has 0 unspecified atom stereocenters. The van der Waals surface area contributed by atoms with Crippen LogP contribution in [-0.4, -0.2) is 43.3 Å². The lowest BCUT2D eigenvalue weighted by atomic mass is 10.3. The molecule has 0 amide bonds. The zero-order valence-corrected chi connectivity index (χ0v) is 11.2. The van der Waals surface area contributed by atoms with E-state index >= 15 is 0 Å². The molecule has 4 nitrogen and oxygen atoms in total. The van der Waals surface area contributed by atoms with Gasteiger partial charge in [-0.15, -0.1) is 0 Å². The van der Waals surface area contributed by atoms with Crippen molar-refractivity contribution in [3.8, 4) is 0 Å². The summed E-state index contributed by atoms with van der Waals surface area (Å²) in [5, 5.41) is 5.35. The van der Waals surface area contributed by atoms with Crippen LogP contribution in [0.5, 0.6) is 0 Å². The summed E-state index contributed by atoms with van der Waals surface area (Å²) in [6.45, 7) is 4.03. The topological polar surface area (TPSA) is 31.7 Å². The second-order valence-corrected chi connectivity index (χ2v) is 4.90. The number of hydrogen-bond acceptors (Lipinski definition) is 2. The summed E-state index contributed by atoms with van der Waals surface area (Å²) in [4.78, 5) is 1.51. The smallest absolute Gasteiger partial charge is 0.185 e. The molecule has 1 heterocycles. The fraction of sp³-hybridized carbons (Fsp3) is 0.417. The van der Waals surface area contributed by atoms with Crippen LogP contribution in [0, 0.1) is 5.82 Å². The Bertz CT molecular complexity index is 418. The van der Waals surface area contributed by atoms with E-state index in [9.17, 15) is 4.39 Å². The minimum Gasteiger partial charge on any atom is -0.335 e. The SMILES string of the molecule is C[NH+]1CCN(NC(=S)Nc2ccccc2F)CC1. The van der Waals surface area contributed by atoms with Gasteiger partial charge in [-0.1, -0.05) is 12.1 Å². The van der Waals surface area contributed by atoms with Gasteiger partial charge in [0.15, 0.2) is 5.11 Å². The number of halogens is 1. The molecule has 0 aliphatic carbocycles. The summed E-state index contributed by atoms with van der Waals surface area (Å²) in [7, 11) is 2.17. The number of benzene rings is 1. The van der Waals surface area contributed by atoms with Gasteiger partial charge in [-0.25, -0.2) is 9.40 Å². The van der Waals surface area contributed by atoms with Gasteiger partial charge in [-0.05, 0) is 24.4 Å². The van der Waals surface area contributed by atoms with E-state index in [0.717, 1.165) is 26.2 Å². The van der Waals surface area contributed by atoms with Crippen LogP contribution in [0.1, 0.15) is 0 Å². The summed E-state index contributed by atoms with van der Waals surface area (Å²) < 4.78 is 13.4. The number of anilines is 1. The summed E-state index contributed by atoms with van der Waals surface area (Å²) in [5.41, 5.74) is 3.49. The lowest BCUT2D eigenvalue weighted by Crippen LogP contribution is -3.12. The third kappa shape index (κ3) is 3.63. The van der Waals surface area contributed by atoms with Crippen molar-refractivity contribution >= 4 is 23.0 Å². The lowest BCUT2D eigenvalue weighted by molar-refractivity contribution is -0.884. The molecule has 98 valence electrons. The van der Waals surface area contributed by atoms with E-state index in [4.69, 9.17) is 12.2 Å². The highest BCUT2D eigenvalue weighted by Gasteiger charge is 2.17. The van der Waals surface area contributed by atoms with Gasteiger partial charge in [0.2, 0.25) is 0 Å². The van der Waals surface area contributed by atoms with Crippen molar-refractivity contribution in [1.82, 2.24) is 10.4 Å². The first kappa shape index (κ1) is 13.2. The Balaban J connectivity index is 1.84. The van der Waals surface area contributed by atoms with Gasteiger partial charge >= 0.3 is 0 Å². The second-order valence-electron chi connectivity index (χ2n) is 4.49. The standard InChI is InChI=1S/C12H17FN4S/c1-16-6-8-17(9-7-16)15-12(18)14-11-5-3-2-4-10(11)13/h2-5H,6-9H2,1H3,(H2,14,15,18)/p+1. The molecule has 2 rings (SSSR count). The molecule has 0 saturated carbocycles. The van der Waals surface area contributed by atoms with E-state index in [1.165, 1.54) is 11.0 Å². The van der Waals surface area contributed by atoms with Crippen LogP contribution in [0.4, 0.5) is 10.1 Å². The molecular weight excluding hydrogens is 251 g/mol. The maximum atomic E-state index is 13.4. The molecule has 1 aromatic rings. The minimum atomic E-state index is -0.301. The van der Waals surface area contributed by atoms with Crippen LogP contribution < -0.4 is 15.6 Å². The minimum absolute atomic E-state index is 0.301. The van der Waals surface area contributed by atoms with Gasteiger partial charge in [0.05, 0.1) is 38.9 Å². The van der Waals surface area contributed by atoms with E-state index in [2.05, 4.69) is 22.8 Å². The Hall–Kier alpha value is -1.24. The number of quaternary nitrogens is 1. The zero-order chi connectivity index (χ0) is 13.0. The van der Waals surface area contributed by atoms with Crippen molar-refractivity contribution in [3.63, 3.8) is 0 Å². The van der Waals surface area contributed by atoms with Crippen molar-refractivity contribution in [3.05, 3.63) is 30.1 Å². The van der Waals surface area contributed by atoms with E-state index in [-0.39, 0.29) is 5.82 Å². The molecule has 0 spiro atoms. The number of hydrazine groups is 1. The predicted octanol–water partition coefficient (Wildman–Crippen LogP) is -0.143. The lowest BCUT2D eigenvalue weighted by Gasteiger charge is -2.31. The van der Waals surface area contributed by atoms with Crippen LogP contribution in [0.3, 0.4) is 0 Å².